The zero-order valence-corrected chi connectivity index (χ0v) is 13.1. The molecule has 0 atom stereocenters. The third kappa shape index (κ3) is 3.07. The summed E-state index contributed by atoms with van der Waals surface area (Å²) in [6, 6.07) is 15.1. The van der Waals surface area contributed by atoms with Crippen molar-refractivity contribution in [2.45, 2.75) is 6.92 Å². The SMILES string of the molecule is COc1ccc2[nH+]c(C)cc(Nc3ccccc3O)c2c1.[Cl-]. The minimum atomic E-state index is 0. The van der Waals surface area contributed by atoms with Crippen molar-refractivity contribution < 1.29 is 27.2 Å². The van der Waals surface area contributed by atoms with Gasteiger partial charge < -0.3 is 27.6 Å². The smallest absolute Gasteiger partial charge is 0.213 e. The van der Waals surface area contributed by atoms with Crippen molar-refractivity contribution in [3.05, 3.63) is 54.2 Å². The molecule has 0 bridgehead atoms. The zero-order chi connectivity index (χ0) is 14.8. The highest BCUT2D eigenvalue weighted by atomic mass is 35.5. The van der Waals surface area contributed by atoms with Gasteiger partial charge in [-0.1, -0.05) is 12.1 Å². The van der Waals surface area contributed by atoms with E-state index >= 15 is 0 Å². The quantitative estimate of drug-likeness (QED) is 0.689. The zero-order valence-electron chi connectivity index (χ0n) is 12.4. The maximum absolute atomic E-state index is 9.92. The topological polar surface area (TPSA) is 55.6 Å². The second kappa shape index (κ2) is 6.54. The maximum atomic E-state index is 9.92. The minimum Gasteiger partial charge on any atom is -1.00 e. The Bertz CT molecular complexity index is 806. The summed E-state index contributed by atoms with van der Waals surface area (Å²) in [7, 11) is 1.65. The van der Waals surface area contributed by atoms with Crippen LogP contribution in [-0.4, -0.2) is 12.2 Å². The number of phenolic OH excluding ortho intramolecular Hbond substituents is 1. The van der Waals surface area contributed by atoms with Crippen LogP contribution in [0.5, 0.6) is 11.5 Å². The van der Waals surface area contributed by atoms with E-state index < -0.39 is 0 Å². The number of fused-ring (bicyclic) bond motifs is 1. The highest BCUT2D eigenvalue weighted by Crippen LogP contribution is 2.31. The van der Waals surface area contributed by atoms with E-state index in [1.54, 1.807) is 19.2 Å². The first-order valence-corrected chi connectivity index (χ1v) is 6.73. The fraction of sp³-hybridized carbons (Fsp3) is 0.118. The Balaban J connectivity index is 0.00000176. The number of aromatic amines is 1. The van der Waals surface area contributed by atoms with Gasteiger partial charge in [-0.15, -0.1) is 0 Å². The fourth-order valence-corrected chi connectivity index (χ4v) is 2.35. The van der Waals surface area contributed by atoms with Gasteiger partial charge in [0, 0.05) is 19.1 Å². The van der Waals surface area contributed by atoms with Crippen molar-refractivity contribution in [3.63, 3.8) is 0 Å². The lowest BCUT2D eigenvalue weighted by Crippen LogP contribution is -3.00. The predicted molar refractivity (Wildman–Crippen MR) is 83.2 cm³/mol. The van der Waals surface area contributed by atoms with E-state index in [2.05, 4.69) is 10.3 Å². The molecule has 0 saturated heterocycles. The molecule has 3 rings (SSSR count). The van der Waals surface area contributed by atoms with Gasteiger partial charge in [-0.05, 0) is 24.3 Å². The largest absolute Gasteiger partial charge is 1.00 e. The molecule has 0 aliphatic heterocycles. The molecule has 0 saturated carbocycles. The summed E-state index contributed by atoms with van der Waals surface area (Å²) in [5.74, 6) is 1.01. The summed E-state index contributed by atoms with van der Waals surface area (Å²) in [6.07, 6.45) is 0. The third-order valence-corrected chi connectivity index (χ3v) is 3.38. The number of hydrogen-bond donors (Lipinski definition) is 2. The van der Waals surface area contributed by atoms with Crippen LogP contribution in [0, 0.1) is 6.92 Å². The van der Waals surface area contributed by atoms with E-state index in [1.165, 1.54) is 0 Å². The molecule has 114 valence electrons. The van der Waals surface area contributed by atoms with Crippen molar-refractivity contribution in [3.8, 4) is 11.5 Å². The number of aromatic hydroxyl groups is 1. The number of pyridine rings is 1. The molecule has 0 radical (unpaired) electrons. The van der Waals surface area contributed by atoms with Gasteiger partial charge in [0.15, 0.2) is 5.69 Å². The van der Waals surface area contributed by atoms with Gasteiger partial charge in [-0.2, -0.15) is 0 Å². The number of para-hydroxylation sites is 2. The van der Waals surface area contributed by atoms with Gasteiger partial charge in [0.1, 0.15) is 11.5 Å². The molecule has 22 heavy (non-hydrogen) atoms. The Labute approximate surface area is 135 Å². The average Bonchev–Trinajstić information content (AvgIpc) is 2.49. The molecule has 0 fully saturated rings. The van der Waals surface area contributed by atoms with E-state index in [9.17, 15) is 5.11 Å². The highest BCUT2D eigenvalue weighted by molar-refractivity contribution is 5.92. The molecule has 3 aromatic rings. The van der Waals surface area contributed by atoms with Crippen LogP contribution >= 0.6 is 0 Å². The summed E-state index contributed by atoms with van der Waals surface area (Å²) < 4.78 is 5.29. The van der Waals surface area contributed by atoms with Gasteiger partial charge in [0.2, 0.25) is 5.52 Å². The Morgan fingerprint density at radius 1 is 1.05 bits per heavy atom. The van der Waals surface area contributed by atoms with Crippen LogP contribution in [0.1, 0.15) is 5.69 Å². The van der Waals surface area contributed by atoms with Gasteiger partial charge >= 0.3 is 0 Å². The second-order valence-corrected chi connectivity index (χ2v) is 4.92. The Morgan fingerprint density at radius 2 is 1.82 bits per heavy atom. The first kappa shape index (κ1) is 15.9. The number of aromatic nitrogens is 1. The summed E-state index contributed by atoms with van der Waals surface area (Å²) in [5.41, 5.74) is 3.63. The van der Waals surface area contributed by atoms with E-state index in [0.717, 1.165) is 28.0 Å². The molecule has 1 heterocycles. The van der Waals surface area contributed by atoms with Gasteiger partial charge in [0.25, 0.3) is 0 Å². The number of anilines is 2. The molecule has 2 aromatic carbocycles. The van der Waals surface area contributed by atoms with Crippen LogP contribution in [0.3, 0.4) is 0 Å². The van der Waals surface area contributed by atoms with Crippen molar-refractivity contribution >= 4 is 22.3 Å². The number of aryl methyl sites for hydroxylation is 1. The van der Waals surface area contributed by atoms with Crippen molar-refractivity contribution in [2.24, 2.45) is 0 Å². The molecule has 0 spiro atoms. The Hall–Kier alpha value is -2.46. The van der Waals surface area contributed by atoms with Crippen LogP contribution in [0.15, 0.2) is 48.5 Å². The first-order valence-electron chi connectivity index (χ1n) is 6.73. The minimum absolute atomic E-state index is 0. The molecule has 1 aromatic heterocycles. The first-order chi connectivity index (χ1) is 10.2. The summed E-state index contributed by atoms with van der Waals surface area (Å²) >= 11 is 0. The maximum Gasteiger partial charge on any atom is 0.213 e. The molecule has 5 heteroatoms. The van der Waals surface area contributed by atoms with E-state index in [4.69, 9.17) is 4.74 Å². The van der Waals surface area contributed by atoms with E-state index in [-0.39, 0.29) is 18.2 Å². The summed E-state index contributed by atoms with van der Waals surface area (Å²) in [5, 5.41) is 14.2. The summed E-state index contributed by atoms with van der Waals surface area (Å²) in [6.45, 7) is 2.00. The summed E-state index contributed by atoms with van der Waals surface area (Å²) in [4.78, 5) is 3.32. The van der Waals surface area contributed by atoms with Crippen LogP contribution in [0.4, 0.5) is 11.4 Å². The molecule has 3 N–H and O–H groups in total. The molecule has 0 amide bonds. The number of H-pyrrole nitrogens is 1. The monoisotopic (exact) mass is 316 g/mol. The number of ether oxygens (including phenoxy) is 1. The van der Waals surface area contributed by atoms with Gasteiger partial charge in [-0.3, -0.25) is 0 Å². The number of benzene rings is 2. The average molecular weight is 317 g/mol. The van der Waals surface area contributed by atoms with Gasteiger partial charge in [0.05, 0.1) is 23.9 Å². The fourth-order valence-electron chi connectivity index (χ4n) is 2.35. The van der Waals surface area contributed by atoms with Crippen molar-refractivity contribution in [1.29, 1.82) is 0 Å². The second-order valence-electron chi connectivity index (χ2n) is 4.92. The normalized spacial score (nSPS) is 10.1. The number of nitrogens with one attached hydrogen (secondary N) is 2. The van der Waals surface area contributed by atoms with Crippen LogP contribution < -0.4 is 27.4 Å². The molecular formula is C17H17ClN2O2. The van der Waals surface area contributed by atoms with Crippen molar-refractivity contribution in [1.82, 2.24) is 0 Å². The van der Waals surface area contributed by atoms with E-state index in [0.29, 0.717) is 5.69 Å². The molecular weight excluding hydrogens is 300 g/mol. The number of halogens is 1. The lowest BCUT2D eigenvalue weighted by Gasteiger charge is -2.10. The molecule has 0 aliphatic rings. The molecule has 0 aliphatic carbocycles. The lowest BCUT2D eigenvalue weighted by atomic mass is 10.1. The van der Waals surface area contributed by atoms with Crippen LogP contribution in [0.2, 0.25) is 0 Å². The standard InChI is InChI=1S/C17H16N2O2.ClH/c1-11-9-16(19-15-5-3-4-6-17(15)20)13-10-12(21-2)7-8-14(13)18-11;/h3-10,20H,1-2H3,(H,18,19);1H. The number of phenols is 1. The van der Waals surface area contributed by atoms with Crippen LogP contribution in [-0.2, 0) is 0 Å². The number of rotatable bonds is 3. The predicted octanol–water partition coefficient (Wildman–Crippen LogP) is 0.424. The third-order valence-electron chi connectivity index (χ3n) is 3.38. The van der Waals surface area contributed by atoms with E-state index in [1.807, 2.05) is 43.3 Å². The Kier molecular flexibility index (Phi) is 4.73. The molecule has 0 unspecified atom stereocenters. The lowest BCUT2D eigenvalue weighted by molar-refractivity contribution is -0.354. The number of hydrogen-bond acceptors (Lipinski definition) is 3. The highest BCUT2D eigenvalue weighted by Gasteiger charge is 2.11. The Morgan fingerprint density at radius 3 is 2.55 bits per heavy atom. The van der Waals surface area contributed by atoms with Crippen LogP contribution in [0.25, 0.3) is 10.9 Å². The van der Waals surface area contributed by atoms with Gasteiger partial charge in [-0.25, -0.2) is 4.98 Å². The molecule has 4 nitrogen and oxygen atoms in total. The number of methoxy groups -OCH3 is 1. The van der Waals surface area contributed by atoms with Crippen molar-refractivity contribution in [2.75, 3.05) is 12.4 Å².